The van der Waals surface area contributed by atoms with Gasteiger partial charge in [0.05, 0.1) is 5.69 Å². The predicted molar refractivity (Wildman–Crippen MR) is 94.6 cm³/mol. The first kappa shape index (κ1) is 16.6. The number of hydrogen-bond donors (Lipinski definition) is 1. The van der Waals surface area contributed by atoms with E-state index in [-0.39, 0.29) is 17.9 Å². The molecule has 1 aromatic heterocycles. The average molecular weight is 344 g/mol. The zero-order chi connectivity index (χ0) is 17.2. The molecule has 1 saturated carbocycles. The number of nitrogens with one attached hydrogen (secondary N) is 1. The number of amides is 2. The van der Waals surface area contributed by atoms with Crippen LogP contribution in [0.5, 0.6) is 0 Å². The zero-order valence-corrected chi connectivity index (χ0v) is 14.9. The van der Waals surface area contributed by atoms with Crippen molar-refractivity contribution in [3.8, 4) is 0 Å². The molecular formula is C19H28N4O2. The minimum Gasteiger partial charge on any atom is -0.348 e. The molecule has 0 radical (unpaired) electrons. The van der Waals surface area contributed by atoms with Crippen LogP contribution in [0, 0.1) is 0 Å². The van der Waals surface area contributed by atoms with Crippen LogP contribution < -0.4 is 5.32 Å². The standard InChI is InChI=1S/C19H28N4O2/c24-18(20-14-8-2-3-9-14)16-15-10-4-7-13-23(15)17(21-16)19(25)22-11-5-1-6-12-22/h14H,1-13H2,(H,20,24). The van der Waals surface area contributed by atoms with Gasteiger partial charge in [0.2, 0.25) is 0 Å². The van der Waals surface area contributed by atoms with Crippen molar-refractivity contribution in [1.29, 1.82) is 0 Å². The molecule has 2 aliphatic heterocycles. The lowest BCUT2D eigenvalue weighted by atomic mass is 10.1. The van der Waals surface area contributed by atoms with Crippen molar-refractivity contribution in [3.05, 3.63) is 17.2 Å². The molecule has 2 amide bonds. The van der Waals surface area contributed by atoms with Crippen molar-refractivity contribution in [2.45, 2.75) is 76.8 Å². The van der Waals surface area contributed by atoms with E-state index in [1.165, 1.54) is 19.3 Å². The molecule has 4 rings (SSSR count). The first-order chi connectivity index (χ1) is 12.2. The number of carbonyl (C=O) groups is 2. The van der Waals surface area contributed by atoms with E-state index in [9.17, 15) is 9.59 Å². The highest BCUT2D eigenvalue weighted by Gasteiger charge is 2.31. The molecule has 0 unspecified atom stereocenters. The quantitative estimate of drug-likeness (QED) is 0.916. The molecule has 2 fully saturated rings. The largest absolute Gasteiger partial charge is 0.348 e. The molecule has 0 spiro atoms. The number of aromatic nitrogens is 2. The van der Waals surface area contributed by atoms with Gasteiger partial charge in [-0.2, -0.15) is 0 Å². The lowest BCUT2D eigenvalue weighted by Crippen LogP contribution is -2.37. The number of hydrogen-bond acceptors (Lipinski definition) is 3. The smallest absolute Gasteiger partial charge is 0.289 e. The van der Waals surface area contributed by atoms with Gasteiger partial charge in [0, 0.05) is 25.7 Å². The third-order valence-electron chi connectivity index (χ3n) is 5.86. The fourth-order valence-electron chi connectivity index (χ4n) is 4.45. The fourth-order valence-corrected chi connectivity index (χ4v) is 4.45. The van der Waals surface area contributed by atoms with E-state index in [1.54, 1.807) is 0 Å². The highest BCUT2D eigenvalue weighted by Crippen LogP contribution is 2.24. The van der Waals surface area contributed by atoms with Gasteiger partial charge in [-0.3, -0.25) is 9.59 Å². The maximum Gasteiger partial charge on any atom is 0.289 e. The molecule has 0 bridgehead atoms. The van der Waals surface area contributed by atoms with Crippen molar-refractivity contribution in [3.63, 3.8) is 0 Å². The number of nitrogens with zero attached hydrogens (tertiary/aromatic N) is 3. The van der Waals surface area contributed by atoms with Crippen LogP contribution in [0.3, 0.4) is 0 Å². The van der Waals surface area contributed by atoms with Gasteiger partial charge in [0.15, 0.2) is 5.82 Å². The molecule has 25 heavy (non-hydrogen) atoms. The van der Waals surface area contributed by atoms with Crippen LogP contribution in [0.15, 0.2) is 0 Å². The zero-order valence-electron chi connectivity index (χ0n) is 14.9. The lowest BCUT2D eigenvalue weighted by molar-refractivity contribution is 0.0705. The van der Waals surface area contributed by atoms with Crippen LogP contribution in [0.1, 0.15) is 84.6 Å². The van der Waals surface area contributed by atoms with Crippen molar-refractivity contribution in [2.24, 2.45) is 0 Å². The minimum atomic E-state index is -0.0877. The van der Waals surface area contributed by atoms with Gasteiger partial charge < -0.3 is 14.8 Å². The molecule has 1 N–H and O–H groups in total. The van der Waals surface area contributed by atoms with Crippen molar-refractivity contribution < 1.29 is 9.59 Å². The van der Waals surface area contributed by atoms with Gasteiger partial charge in [-0.25, -0.2) is 4.98 Å². The Morgan fingerprint density at radius 3 is 2.40 bits per heavy atom. The number of imidazole rings is 1. The Morgan fingerprint density at radius 2 is 1.64 bits per heavy atom. The molecule has 6 nitrogen and oxygen atoms in total. The third-order valence-corrected chi connectivity index (χ3v) is 5.86. The monoisotopic (exact) mass is 344 g/mol. The van der Waals surface area contributed by atoms with E-state index < -0.39 is 0 Å². The van der Waals surface area contributed by atoms with E-state index >= 15 is 0 Å². The summed E-state index contributed by atoms with van der Waals surface area (Å²) in [5.74, 6) is 0.395. The van der Waals surface area contributed by atoms with Gasteiger partial charge in [-0.05, 0) is 51.4 Å². The molecule has 136 valence electrons. The number of piperidine rings is 1. The normalized spacial score (nSPS) is 21.2. The second-order valence-electron chi connectivity index (χ2n) is 7.65. The Bertz CT molecular complexity index is 655. The number of likely N-dealkylation sites (tertiary alicyclic amines) is 1. The summed E-state index contributed by atoms with van der Waals surface area (Å²) in [7, 11) is 0. The van der Waals surface area contributed by atoms with Gasteiger partial charge in [0.25, 0.3) is 11.8 Å². The Morgan fingerprint density at radius 1 is 0.920 bits per heavy atom. The van der Waals surface area contributed by atoms with Crippen LogP contribution in [0.25, 0.3) is 0 Å². The highest BCUT2D eigenvalue weighted by molar-refractivity contribution is 5.97. The number of carbonyl (C=O) groups excluding carboxylic acids is 2. The van der Waals surface area contributed by atoms with Crippen LogP contribution in [-0.2, 0) is 13.0 Å². The lowest BCUT2D eigenvalue weighted by Gasteiger charge is -2.27. The first-order valence-electron chi connectivity index (χ1n) is 9.93. The summed E-state index contributed by atoms with van der Waals surface area (Å²) < 4.78 is 2.02. The molecule has 6 heteroatoms. The molecular weight excluding hydrogens is 316 g/mol. The van der Waals surface area contributed by atoms with Crippen LogP contribution in [0.4, 0.5) is 0 Å². The van der Waals surface area contributed by atoms with Gasteiger partial charge >= 0.3 is 0 Å². The average Bonchev–Trinajstić information content (AvgIpc) is 3.29. The van der Waals surface area contributed by atoms with Gasteiger partial charge in [-0.15, -0.1) is 0 Å². The predicted octanol–water partition coefficient (Wildman–Crippen LogP) is 2.52. The maximum atomic E-state index is 13.0. The Kier molecular flexibility index (Phi) is 4.77. The summed E-state index contributed by atoms with van der Waals surface area (Å²) in [5.41, 5.74) is 1.45. The SMILES string of the molecule is O=C(NC1CCCC1)c1nc(C(=O)N2CCCCC2)n2c1CCCC2. The number of rotatable bonds is 3. The van der Waals surface area contributed by atoms with Crippen LogP contribution >= 0.6 is 0 Å². The van der Waals surface area contributed by atoms with Crippen molar-refractivity contribution >= 4 is 11.8 Å². The molecule has 0 aromatic carbocycles. The summed E-state index contributed by atoms with van der Waals surface area (Å²) in [6.45, 7) is 2.42. The first-order valence-corrected chi connectivity index (χ1v) is 9.93. The van der Waals surface area contributed by atoms with E-state index in [4.69, 9.17) is 0 Å². The summed E-state index contributed by atoms with van der Waals surface area (Å²) in [5, 5.41) is 3.14. The second kappa shape index (κ2) is 7.18. The van der Waals surface area contributed by atoms with Gasteiger partial charge in [0.1, 0.15) is 5.69 Å². The Hall–Kier alpha value is -1.85. The topological polar surface area (TPSA) is 67.2 Å². The van der Waals surface area contributed by atoms with Crippen LogP contribution in [-0.4, -0.2) is 45.4 Å². The molecule has 3 aliphatic rings. The summed E-state index contributed by atoms with van der Waals surface area (Å²) in [6, 6.07) is 0.273. The summed E-state index contributed by atoms with van der Waals surface area (Å²) >= 11 is 0. The summed E-state index contributed by atoms with van der Waals surface area (Å²) in [6.07, 6.45) is 10.8. The van der Waals surface area contributed by atoms with E-state index in [0.717, 1.165) is 70.3 Å². The molecule has 0 atom stereocenters. The van der Waals surface area contributed by atoms with E-state index in [1.807, 2.05) is 9.47 Å². The molecule has 1 saturated heterocycles. The third kappa shape index (κ3) is 3.31. The van der Waals surface area contributed by atoms with Gasteiger partial charge in [-0.1, -0.05) is 12.8 Å². The second-order valence-corrected chi connectivity index (χ2v) is 7.65. The van der Waals surface area contributed by atoms with Crippen LogP contribution in [0.2, 0.25) is 0 Å². The maximum absolute atomic E-state index is 13.0. The van der Waals surface area contributed by atoms with Crippen molar-refractivity contribution in [2.75, 3.05) is 13.1 Å². The van der Waals surface area contributed by atoms with E-state index in [2.05, 4.69) is 10.3 Å². The Balaban J connectivity index is 1.60. The summed E-state index contributed by atoms with van der Waals surface area (Å²) in [4.78, 5) is 32.2. The molecule has 3 heterocycles. The van der Waals surface area contributed by atoms with Crippen molar-refractivity contribution in [1.82, 2.24) is 19.8 Å². The van der Waals surface area contributed by atoms with E-state index in [0.29, 0.717) is 11.5 Å². The molecule has 1 aliphatic carbocycles. The molecule has 1 aromatic rings. The highest BCUT2D eigenvalue weighted by atomic mass is 16.2. The minimum absolute atomic E-state index is 0.00256. The fraction of sp³-hybridized carbons (Fsp3) is 0.737. The Labute approximate surface area is 149 Å². The number of fused-ring (bicyclic) bond motifs is 1.